The van der Waals surface area contributed by atoms with E-state index in [-0.39, 0.29) is 17.8 Å². The van der Waals surface area contributed by atoms with E-state index >= 15 is 0 Å². The van der Waals surface area contributed by atoms with Gasteiger partial charge in [0.15, 0.2) is 0 Å². The Balaban J connectivity index is 1.50. The zero-order valence-electron chi connectivity index (χ0n) is 12.4. The molecule has 1 aromatic heterocycles. The molecule has 0 radical (unpaired) electrons. The second kappa shape index (κ2) is 5.04. The monoisotopic (exact) mass is 299 g/mol. The molecule has 1 unspecified atom stereocenters. The highest BCUT2D eigenvalue weighted by atomic mass is 19.1. The van der Waals surface area contributed by atoms with Crippen LogP contribution in [0.5, 0.6) is 5.75 Å². The lowest BCUT2D eigenvalue weighted by Gasteiger charge is -2.18. The first-order chi connectivity index (χ1) is 10.7. The van der Waals surface area contributed by atoms with Gasteiger partial charge in [0.2, 0.25) is 0 Å². The van der Waals surface area contributed by atoms with Gasteiger partial charge >= 0.3 is 0 Å². The van der Waals surface area contributed by atoms with Gasteiger partial charge in [-0.25, -0.2) is 4.39 Å². The van der Waals surface area contributed by atoms with Crippen molar-refractivity contribution in [2.24, 2.45) is 23.7 Å². The summed E-state index contributed by atoms with van der Waals surface area (Å²) in [4.78, 5) is 15.1. The predicted octanol–water partition coefficient (Wildman–Crippen LogP) is 3.61. The topological polar surface area (TPSA) is 39.2 Å². The molecule has 0 saturated heterocycles. The fourth-order valence-electron chi connectivity index (χ4n) is 4.18. The Morgan fingerprint density at radius 2 is 2.09 bits per heavy atom. The lowest BCUT2D eigenvalue weighted by Crippen LogP contribution is -2.18. The van der Waals surface area contributed by atoms with Crippen molar-refractivity contribution < 1.29 is 13.9 Å². The Kier molecular flexibility index (Phi) is 3.13. The third-order valence-electron chi connectivity index (χ3n) is 5.25. The first-order valence-electron chi connectivity index (χ1n) is 7.83. The Morgan fingerprint density at radius 1 is 1.32 bits per heavy atom. The van der Waals surface area contributed by atoms with Gasteiger partial charge in [-0.3, -0.25) is 4.98 Å². The van der Waals surface area contributed by atoms with Gasteiger partial charge in [-0.2, -0.15) is 0 Å². The van der Waals surface area contributed by atoms with Crippen molar-refractivity contribution in [2.75, 3.05) is 0 Å². The van der Waals surface area contributed by atoms with Crippen molar-refractivity contribution in [1.29, 1.82) is 0 Å². The first kappa shape index (κ1) is 13.7. The zero-order chi connectivity index (χ0) is 15.3. The molecular weight excluding hydrogens is 281 g/mol. The number of carbonyl (C=O) groups is 1. The van der Waals surface area contributed by atoms with Gasteiger partial charge in [-0.05, 0) is 54.9 Å². The van der Waals surface area contributed by atoms with Crippen molar-refractivity contribution >= 4 is 17.2 Å². The molecule has 3 nitrogen and oxygen atoms in total. The number of ether oxygens (including phenoxy) is 1. The minimum atomic E-state index is -0.278. The molecule has 2 aromatic rings. The van der Waals surface area contributed by atoms with E-state index in [1.807, 2.05) is 6.92 Å². The van der Waals surface area contributed by atoms with Crippen LogP contribution in [0.2, 0.25) is 0 Å². The van der Waals surface area contributed by atoms with Gasteiger partial charge in [-0.15, -0.1) is 0 Å². The molecule has 114 valence electrons. The number of pyridine rings is 1. The molecule has 0 amide bonds. The lowest BCUT2D eigenvalue weighted by molar-refractivity contribution is -0.111. The summed E-state index contributed by atoms with van der Waals surface area (Å²) in [5.74, 6) is 2.37. The lowest BCUT2D eigenvalue weighted by atomic mass is 9.99. The summed E-state index contributed by atoms with van der Waals surface area (Å²) >= 11 is 0. The Labute approximate surface area is 128 Å². The van der Waals surface area contributed by atoms with Crippen LogP contribution < -0.4 is 4.74 Å². The van der Waals surface area contributed by atoms with Crippen LogP contribution >= 0.6 is 0 Å². The average Bonchev–Trinajstić information content (AvgIpc) is 3.03. The molecule has 0 bridgehead atoms. The molecule has 4 rings (SSSR count). The van der Waals surface area contributed by atoms with Crippen molar-refractivity contribution in [3.05, 3.63) is 36.3 Å². The fourth-order valence-corrected chi connectivity index (χ4v) is 4.18. The fraction of sp³-hybridized carbons (Fsp3) is 0.444. The molecule has 2 aliphatic rings. The number of halogens is 1. The molecule has 0 N–H and O–H groups in total. The van der Waals surface area contributed by atoms with E-state index in [1.165, 1.54) is 12.1 Å². The van der Waals surface area contributed by atoms with Crippen molar-refractivity contribution in [3.8, 4) is 5.75 Å². The molecule has 2 fully saturated rings. The summed E-state index contributed by atoms with van der Waals surface area (Å²) < 4.78 is 19.6. The van der Waals surface area contributed by atoms with E-state index in [2.05, 4.69) is 4.98 Å². The van der Waals surface area contributed by atoms with Gasteiger partial charge in [0.25, 0.3) is 0 Å². The number of hydrogen-bond acceptors (Lipinski definition) is 3. The molecule has 2 saturated carbocycles. The minimum Gasteiger partial charge on any atom is -0.490 e. The van der Waals surface area contributed by atoms with E-state index in [0.717, 1.165) is 30.0 Å². The van der Waals surface area contributed by atoms with Gasteiger partial charge in [0.1, 0.15) is 17.9 Å². The third kappa shape index (κ3) is 2.18. The van der Waals surface area contributed by atoms with Crippen LogP contribution in [0.4, 0.5) is 4.39 Å². The number of hydrogen-bond donors (Lipinski definition) is 0. The second-order valence-corrected chi connectivity index (χ2v) is 6.58. The van der Waals surface area contributed by atoms with Crippen molar-refractivity contribution in [2.45, 2.75) is 25.9 Å². The van der Waals surface area contributed by atoms with Crippen LogP contribution in [0.3, 0.4) is 0 Å². The van der Waals surface area contributed by atoms with Crippen molar-refractivity contribution in [1.82, 2.24) is 4.98 Å². The molecule has 0 aliphatic heterocycles. The maximum Gasteiger partial charge on any atom is 0.130 e. The predicted molar refractivity (Wildman–Crippen MR) is 81.0 cm³/mol. The maximum atomic E-state index is 13.5. The number of nitrogens with zero attached hydrogens (tertiary/aromatic N) is 1. The summed E-state index contributed by atoms with van der Waals surface area (Å²) in [7, 11) is 0. The Hall–Kier alpha value is -1.97. The summed E-state index contributed by atoms with van der Waals surface area (Å²) in [5.41, 5.74) is 0.745. The molecule has 1 aromatic carbocycles. The molecule has 2 aliphatic carbocycles. The molecule has 5 atom stereocenters. The minimum absolute atomic E-state index is 0.159. The first-order valence-corrected chi connectivity index (χ1v) is 7.83. The number of benzene rings is 1. The Bertz CT molecular complexity index is 720. The number of rotatable bonds is 4. The van der Waals surface area contributed by atoms with E-state index in [4.69, 9.17) is 4.74 Å². The summed E-state index contributed by atoms with van der Waals surface area (Å²) in [5, 5.41) is 0.723. The molecule has 4 heteroatoms. The normalized spacial score (nSPS) is 30.8. The average molecular weight is 299 g/mol. The van der Waals surface area contributed by atoms with Crippen LogP contribution in [0.15, 0.2) is 30.5 Å². The zero-order valence-corrected chi connectivity index (χ0v) is 12.4. The van der Waals surface area contributed by atoms with Crippen LogP contribution in [0.1, 0.15) is 19.8 Å². The molecule has 22 heavy (non-hydrogen) atoms. The highest BCUT2D eigenvalue weighted by Gasteiger charge is 2.58. The number of carbonyl (C=O) groups excluding carboxylic acids is 1. The van der Waals surface area contributed by atoms with Gasteiger partial charge in [0.05, 0.1) is 11.6 Å². The molecule has 1 heterocycles. The van der Waals surface area contributed by atoms with Gasteiger partial charge in [0, 0.05) is 17.5 Å². The summed E-state index contributed by atoms with van der Waals surface area (Å²) in [6, 6.07) is 6.36. The van der Waals surface area contributed by atoms with E-state index in [0.29, 0.717) is 23.5 Å². The SMILES string of the molecule is CC(C=O)[C@H]1[C@@H]2C[C@H](Oc3ccnc4ccc(F)cc34)C[C@@H]21. The maximum absolute atomic E-state index is 13.5. The van der Waals surface area contributed by atoms with Gasteiger partial charge in [-0.1, -0.05) is 6.92 Å². The number of fused-ring (bicyclic) bond motifs is 2. The Morgan fingerprint density at radius 3 is 2.82 bits per heavy atom. The van der Waals surface area contributed by atoms with Crippen molar-refractivity contribution in [3.63, 3.8) is 0 Å². The van der Waals surface area contributed by atoms with Crippen LogP contribution in [0, 0.1) is 29.5 Å². The number of aldehydes is 1. The smallest absolute Gasteiger partial charge is 0.130 e. The van der Waals surface area contributed by atoms with Crippen LogP contribution in [-0.4, -0.2) is 17.4 Å². The standard InChI is InChI=1S/C18H18FNO2/c1-10(9-21)18-13-7-12(8-14(13)18)22-17-4-5-20-16-3-2-11(19)6-15(16)17/h2-6,9-10,12-14,18H,7-8H2,1H3/t10?,12-,13+,14-,18-. The second-order valence-electron chi connectivity index (χ2n) is 6.58. The molecule has 0 spiro atoms. The summed E-state index contributed by atoms with van der Waals surface area (Å²) in [6.45, 7) is 2.00. The van der Waals surface area contributed by atoms with E-state index in [1.54, 1.807) is 18.3 Å². The van der Waals surface area contributed by atoms with Crippen LogP contribution in [0.25, 0.3) is 10.9 Å². The third-order valence-corrected chi connectivity index (χ3v) is 5.25. The highest BCUT2D eigenvalue weighted by molar-refractivity contribution is 5.84. The highest BCUT2D eigenvalue weighted by Crippen LogP contribution is 2.60. The largest absolute Gasteiger partial charge is 0.490 e. The quantitative estimate of drug-likeness (QED) is 0.810. The van der Waals surface area contributed by atoms with E-state index < -0.39 is 0 Å². The van der Waals surface area contributed by atoms with E-state index in [9.17, 15) is 9.18 Å². The van der Waals surface area contributed by atoms with Crippen LogP contribution in [-0.2, 0) is 4.79 Å². The molecular formula is C18H18FNO2. The van der Waals surface area contributed by atoms with Gasteiger partial charge < -0.3 is 9.53 Å². The number of aromatic nitrogens is 1. The summed E-state index contributed by atoms with van der Waals surface area (Å²) in [6.07, 6.45) is 4.92.